The highest BCUT2D eigenvalue weighted by Crippen LogP contribution is 2.33. The second-order valence-corrected chi connectivity index (χ2v) is 7.32. The van der Waals surface area contributed by atoms with E-state index < -0.39 is 0 Å². The Hall–Kier alpha value is -3.37. The van der Waals surface area contributed by atoms with Gasteiger partial charge in [-0.05, 0) is 49.7 Å². The van der Waals surface area contributed by atoms with Crippen LogP contribution in [0.4, 0.5) is 0 Å². The highest BCUT2D eigenvalue weighted by Gasteiger charge is 2.14. The zero-order valence-corrected chi connectivity index (χ0v) is 17.6. The van der Waals surface area contributed by atoms with Gasteiger partial charge in [0.15, 0.2) is 0 Å². The van der Waals surface area contributed by atoms with Gasteiger partial charge in [0.2, 0.25) is 4.80 Å². The van der Waals surface area contributed by atoms with Gasteiger partial charge in [-0.15, -0.1) is 11.3 Å². The van der Waals surface area contributed by atoms with E-state index >= 15 is 0 Å². The topological polar surface area (TPSA) is 71.9 Å². The number of hydrogen-bond acceptors (Lipinski definition) is 6. The maximum atomic E-state index is 8.96. The first kappa shape index (κ1) is 20.4. The van der Waals surface area contributed by atoms with Gasteiger partial charge in [0.25, 0.3) is 0 Å². The van der Waals surface area contributed by atoms with Crippen molar-refractivity contribution in [2.45, 2.75) is 19.9 Å². The molecule has 0 aliphatic rings. The standard InChI is InChI=1S/C22H22N4O2S/c1-15(2)25-22-26(24-13-17-7-5-16(12-23)6-8-17)20(14-29-22)19-11-18(27-3)9-10-21(19)28-4/h5-11,13-15H,1-4H3. The lowest BCUT2D eigenvalue weighted by molar-refractivity contribution is 0.404. The van der Waals surface area contributed by atoms with Crippen LogP contribution in [0.15, 0.2) is 57.9 Å². The number of nitriles is 1. The molecule has 7 heteroatoms. The zero-order valence-electron chi connectivity index (χ0n) is 16.8. The number of aromatic nitrogens is 1. The molecule has 1 heterocycles. The molecule has 0 aliphatic heterocycles. The molecule has 0 fully saturated rings. The number of hydrogen-bond donors (Lipinski definition) is 0. The minimum absolute atomic E-state index is 0.130. The normalized spacial score (nSPS) is 11.8. The van der Waals surface area contributed by atoms with Crippen LogP contribution >= 0.6 is 11.3 Å². The molecule has 0 saturated heterocycles. The molecule has 148 valence electrons. The number of nitrogens with zero attached hydrogens (tertiary/aromatic N) is 4. The van der Waals surface area contributed by atoms with Crippen LogP contribution in [0.1, 0.15) is 25.0 Å². The molecule has 3 aromatic rings. The average Bonchev–Trinajstić information content (AvgIpc) is 3.13. The average molecular weight is 407 g/mol. The molecule has 0 saturated carbocycles. The summed E-state index contributed by atoms with van der Waals surface area (Å²) in [5.41, 5.74) is 3.23. The van der Waals surface area contributed by atoms with Crippen molar-refractivity contribution in [1.82, 2.24) is 4.68 Å². The largest absolute Gasteiger partial charge is 0.497 e. The molecule has 0 radical (unpaired) electrons. The fraction of sp³-hybridized carbons (Fsp3) is 0.227. The molecule has 0 N–H and O–H groups in total. The molecule has 0 bridgehead atoms. The maximum absolute atomic E-state index is 8.96. The Morgan fingerprint density at radius 3 is 2.48 bits per heavy atom. The summed E-state index contributed by atoms with van der Waals surface area (Å²) in [4.78, 5) is 5.48. The molecule has 0 amide bonds. The van der Waals surface area contributed by atoms with E-state index in [0.29, 0.717) is 5.56 Å². The van der Waals surface area contributed by atoms with Gasteiger partial charge in [0, 0.05) is 17.0 Å². The second-order valence-electron chi connectivity index (χ2n) is 6.48. The Morgan fingerprint density at radius 2 is 1.86 bits per heavy atom. The van der Waals surface area contributed by atoms with Gasteiger partial charge in [0.05, 0.1) is 37.8 Å². The summed E-state index contributed by atoms with van der Waals surface area (Å²) >= 11 is 1.52. The SMILES string of the molecule is COc1ccc(OC)c(-c2csc(=NC(C)C)n2N=Cc2ccc(C#N)cc2)c1. The Morgan fingerprint density at radius 1 is 1.10 bits per heavy atom. The minimum Gasteiger partial charge on any atom is -0.497 e. The summed E-state index contributed by atoms with van der Waals surface area (Å²) in [7, 11) is 3.28. The third-order valence-electron chi connectivity index (χ3n) is 4.10. The first-order valence-corrected chi connectivity index (χ1v) is 9.95. The summed E-state index contributed by atoms with van der Waals surface area (Å²) < 4.78 is 12.7. The lowest BCUT2D eigenvalue weighted by Crippen LogP contribution is -2.14. The van der Waals surface area contributed by atoms with E-state index in [4.69, 9.17) is 19.7 Å². The van der Waals surface area contributed by atoms with Gasteiger partial charge in [-0.25, -0.2) is 4.68 Å². The van der Waals surface area contributed by atoms with Crippen molar-refractivity contribution >= 4 is 17.6 Å². The van der Waals surface area contributed by atoms with Gasteiger partial charge < -0.3 is 9.47 Å². The van der Waals surface area contributed by atoms with Crippen LogP contribution in [0, 0.1) is 11.3 Å². The van der Waals surface area contributed by atoms with E-state index in [9.17, 15) is 0 Å². The fourth-order valence-corrected chi connectivity index (χ4v) is 3.65. The van der Waals surface area contributed by atoms with Crippen LogP contribution < -0.4 is 14.3 Å². The molecule has 29 heavy (non-hydrogen) atoms. The number of benzene rings is 2. The molecular weight excluding hydrogens is 384 g/mol. The zero-order chi connectivity index (χ0) is 20.8. The maximum Gasteiger partial charge on any atom is 0.206 e. The lowest BCUT2D eigenvalue weighted by Gasteiger charge is -2.11. The van der Waals surface area contributed by atoms with Crippen LogP contribution in [-0.4, -0.2) is 31.2 Å². The van der Waals surface area contributed by atoms with Crippen LogP contribution in [0.2, 0.25) is 0 Å². The van der Waals surface area contributed by atoms with Crippen LogP contribution in [0.25, 0.3) is 11.3 Å². The van der Waals surface area contributed by atoms with E-state index in [1.807, 2.05) is 49.6 Å². The molecule has 0 unspecified atom stereocenters. The number of rotatable bonds is 6. The van der Waals surface area contributed by atoms with E-state index in [1.165, 1.54) is 11.3 Å². The smallest absolute Gasteiger partial charge is 0.206 e. The Kier molecular flexibility index (Phi) is 6.47. The highest BCUT2D eigenvalue weighted by atomic mass is 32.1. The first-order chi connectivity index (χ1) is 14.0. The van der Waals surface area contributed by atoms with Gasteiger partial charge in [-0.2, -0.15) is 10.4 Å². The second kappa shape index (κ2) is 9.22. The molecular formula is C22H22N4O2S. The van der Waals surface area contributed by atoms with E-state index in [0.717, 1.165) is 33.1 Å². The summed E-state index contributed by atoms with van der Waals surface area (Å²) in [5, 5.41) is 15.7. The Bertz CT molecular complexity index is 1120. The van der Waals surface area contributed by atoms with Crippen molar-refractivity contribution in [3.05, 3.63) is 63.8 Å². The van der Waals surface area contributed by atoms with Crippen molar-refractivity contribution < 1.29 is 9.47 Å². The quantitative estimate of drug-likeness (QED) is 0.573. The minimum atomic E-state index is 0.130. The van der Waals surface area contributed by atoms with Crippen molar-refractivity contribution in [3.8, 4) is 28.8 Å². The summed E-state index contributed by atoms with van der Waals surface area (Å²) in [6.07, 6.45) is 1.75. The van der Waals surface area contributed by atoms with Gasteiger partial charge in [0.1, 0.15) is 11.5 Å². The number of thiazole rings is 1. The lowest BCUT2D eigenvalue weighted by atomic mass is 10.1. The molecule has 2 aromatic carbocycles. The van der Waals surface area contributed by atoms with Crippen LogP contribution in [-0.2, 0) is 0 Å². The van der Waals surface area contributed by atoms with Gasteiger partial charge in [-0.1, -0.05) is 12.1 Å². The molecule has 0 spiro atoms. The molecule has 0 atom stereocenters. The summed E-state index contributed by atoms with van der Waals surface area (Å²) in [5.74, 6) is 1.46. The molecule has 3 rings (SSSR count). The summed E-state index contributed by atoms with van der Waals surface area (Å²) in [6.45, 7) is 4.06. The van der Waals surface area contributed by atoms with Crippen LogP contribution in [0.5, 0.6) is 11.5 Å². The van der Waals surface area contributed by atoms with Crippen molar-refractivity contribution in [1.29, 1.82) is 5.26 Å². The van der Waals surface area contributed by atoms with Crippen molar-refractivity contribution in [3.63, 3.8) is 0 Å². The van der Waals surface area contributed by atoms with Crippen LogP contribution in [0.3, 0.4) is 0 Å². The summed E-state index contributed by atoms with van der Waals surface area (Å²) in [6, 6.07) is 15.2. The Balaban J connectivity index is 2.14. The molecule has 6 nitrogen and oxygen atoms in total. The first-order valence-electron chi connectivity index (χ1n) is 9.07. The highest BCUT2D eigenvalue weighted by molar-refractivity contribution is 7.07. The Labute approximate surface area is 174 Å². The molecule has 0 aliphatic carbocycles. The molecule has 1 aromatic heterocycles. The van der Waals surface area contributed by atoms with Crippen molar-refractivity contribution in [2.75, 3.05) is 14.2 Å². The van der Waals surface area contributed by atoms with Crippen molar-refractivity contribution in [2.24, 2.45) is 10.1 Å². The van der Waals surface area contributed by atoms with E-state index in [-0.39, 0.29) is 6.04 Å². The number of methoxy groups -OCH3 is 2. The number of ether oxygens (including phenoxy) is 2. The van der Waals surface area contributed by atoms with E-state index in [1.54, 1.807) is 37.2 Å². The van der Waals surface area contributed by atoms with E-state index in [2.05, 4.69) is 11.2 Å². The van der Waals surface area contributed by atoms with Gasteiger partial charge >= 0.3 is 0 Å². The van der Waals surface area contributed by atoms with Gasteiger partial charge in [-0.3, -0.25) is 4.99 Å². The predicted octanol–water partition coefficient (Wildman–Crippen LogP) is 4.30. The predicted molar refractivity (Wildman–Crippen MR) is 116 cm³/mol. The third-order valence-corrected chi connectivity index (χ3v) is 4.93. The third kappa shape index (κ3) is 4.73. The monoisotopic (exact) mass is 406 g/mol. The fourth-order valence-electron chi connectivity index (χ4n) is 2.69.